The molecule has 1 amide bonds. The first-order chi connectivity index (χ1) is 9.20. The highest BCUT2D eigenvalue weighted by atomic mass is 16.1. The smallest absolute Gasteiger partial charge is 0.270 e. The molecule has 2 aromatic rings. The Hall–Kier alpha value is -2.37. The summed E-state index contributed by atoms with van der Waals surface area (Å²) >= 11 is 0. The Balaban J connectivity index is 1.94. The number of anilines is 1. The summed E-state index contributed by atoms with van der Waals surface area (Å²) < 4.78 is 1.72. The molecule has 0 aromatic carbocycles. The molecule has 0 aliphatic heterocycles. The van der Waals surface area contributed by atoms with Crippen molar-refractivity contribution in [3.05, 3.63) is 42.0 Å². The third kappa shape index (κ3) is 3.31. The Morgan fingerprint density at radius 2 is 2.21 bits per heavy atom. The van der Waals surface area contributed by atoms with Gasteiger partial charge in [0.05, 0.1) is 24.1 Å². The van der Waals surface area contributed by atoms with Gasteiger partial charge in [-0.05, 0) is 25.1 Å². The standard InChI is InChI=1S/C13H17N5O/c1-3-14-10-4-5-12(15-8-10)13(19)16-9-11-6-7-17-18(11)2/h4-8,14H,3,9H2,1-2H3,(H,16,19). The van der Waals surface area contributed by atoms with Crippen LogP contribution in [0.5, 0.6) is 0 Å². The van der Waals surface area contributed by atoms with Gasteiger partial charge in [0, 0.05) is 19.8 Å². The highest BCUT2D eigenvalue weighted by molar-refractivity contribution is 5.92. The molecule has 2 aromatic heterocycles. The van der Waals surface area contributed by atoms with Crippen molar-refractivity contribution in [2.24, 2.45) is 7.05 Å². The SMILES string of the molecule is CCNc1ccc(C(=O)NCc2ccnn2C)nc1. The second-order valence-electron chi connectivity index (χ2n) is 4.09. The number of rotatable bonds is 5. The molecule has 0 aliphatic carbocycles. The Kier molecular flexibility index (Phi) is 4.12. The van der Waals surface area contributed by atoms with Gasteiger partial charge in [-0.3, -0.25) is 9.48 Å². The van der Waals surface area contributed by atoms with Gasteiger partial charge in [-0.25, -0.2) is 4.98 Å². The van der Waals surface area contributed by atoms with Crippen LogP contribution in [-0.4, -0.2) is 27.2 Å². The van der Waals surface area contributed by atoms with Crippen molar-refractivity contribution in [1.82, 2.24) is 20.1 Å². The van der Waals surface area contributed by atoms with E-state index in [1.807, 2.05) is 26.1 Å². The second-order valence-corrected chi connectivity index (χ2v) is 4.09. The lowest BCUT2D eigenvalue weighted by molar-refractivity contribution is 0.0945. The molecular formula is C13H17N5O. The van der Waals surface area contributed by atoms with Gasteiger partial charge in [0.25, 0.3) is 5.91 Å². The lowest BCUT2D eigenvalue weighted by atomic mass is 10.3. The fourth-order valence-electron chi connectivity index (χ4n) is 1.67. The summed E-state index contributed by atoms with van der Waals surface area (Å²) in [6.45, 7) is 3.27. The predicted molar refractivity (Wildman–Crippen MR) is 72.8 cm³/mol. The van der Waals surface area contributed by atoms with Crippen LogP contribution in [0.15, 0.2) is 30.6 Å². The largest absolute Gasteiger partial charge is 0.384 e. The molecule has 0 saturated carbocycles. The van der Waals surface area contributed by atoms with Gasteiger partial charge in [0.2, 0.25) is 0 Å². The van der Waals surface area contributed by atoms with Gasteiger partial charge in [-0.15, -0.1) is 0 Å². The van der Waals surface area contributed by atoms with Crippen molar-refractivity contribution in [2.45, 2.75) is 13.5 Å². The molecule has 2 rings (SSSR count). The van der Waals surface area contributed by atoms with Crippen molar-refractivity contribution in [2.75, 3.05) is 11.9 Å². The van der Waals surface area contributed by atoms with Crippen LogP contribution in [0.25, 0.3) is 0 Å². The summed E-state index contributed by atoms with van der Waals surface area (Å²) in [5.41, 5.74) is 2.26. The third-order valence-electron chi connectivity index (χ3n) is 2.73. The molecule has 0 spiro atoms. The first-order valence-corrected chi connectivity index (χ1v) is 6.15. The van der Waals surface area contributed by atoms with E-state index in [-0.39, 0.29) is 5.91 Å². The van der Waals surface area contributed by atoms with Gasteiger partial charge < -0.3 is 10.6 Å². The molecule has 100 valence electrons. The van der Waals surface area contributed by atoms with Gasteiger partial charge in [-0.2, -0.15) is 5.10 Å². The summed E-state index contributed by atoms with van der Waals surface area (Å²) in [6, 6.07) is 5.41. The topological polar surface area (TPSA) is 71.8 Å². The maximum absolute atomic E-state index is 11.9. The number of pyridine rings is 1. The zero-order valence-corrected chi connectivity index (χ0v) is 11.1. The van der Waals surface area contributed by atoms with E-state index in [4.69, 9.17) is 0 Å². The third-order valence-corrected chi connectivity index (χ3v) is 2.73. The van der Waals surface area contributed by atoms with Crippen LogP contribution in [0.2, 0.25) is 0 Å². The number of carbonyl (C=O) groups is 1. The first-order valence-electron chi connectivity index (χ1n) is 6.15. The lowest BCUT2D eigenvalue weighted by Crippen LogP contribution is -2.24. The van der Waals surface area contributed by atoms with Crippen LogP contribution in [0.1, 0.15) is 23.1 Å². The van der Waals surface area contributed by atoms with E-state index in [9.17, 15) is 4.79 Å². The zero-order valence-electron chi connectivity index (χ0n) is 11.1. The van der Waals surface area contributed by atoms with Gasteiger partial charge >= 0.3 is 0 Å². The molecule has 2 heterocycles. The highest BCUT2D eigenvalue weighted by Crippen LogP contribution is 2.05. The Labute approximate surface area is 111 Å². The van der Waals surface area contributed by atoms with E-state index in [0.717, 1.165) is 17.9 Å². The second kappa shape index (κ2) is 5.99. The monoisotopic (exact) mass is 259 g/mol. The molecule has 2 N–H and O–H groups in total. The molecule has 6 nitrogen and oxygen atoms in total. The Morgan fingerprint density at radius 3 is 2.79 bits per heavy atom. The minimum atomic E-state index is -0.191. The Bertz CT molecular complexity index is 546. The molecule has 6 heteroatoms. The molecular weight excluding hydrogens is 242 g/mol. The van der Waals surface area contributed by atoms with Crippen LogP contribution in [0.3, 0.4) is 0 Å². The summed E-state index contributed by atoms with van der Waals surface area (Å²) in [4.78, 5) is 16.0. The fraction of sp³-hybridized carbons (Fsp3) is 0.308. The van der Waals surface area contributed by atoms with Crippen molar-refractivity contribution in [3.8, 4) is 0 Å². The number of hydrogen-bond donors (Lipinski definition) is 2. The van der Waals surface area contributed by atoms with Crippen LogP contribution in [-0.2, 0) is 13.6 Å². The van der Waals surface area contributed by atoms with Gasteiger partial charge in [0.1, 0.15) is 5.69 Å². The molecule has 19 heavy (non-hydrogen) atoms. The summed E-state index contributed by atoms with van der Waals surface area (Å²) in [5.74, 6) is -0.191. The average Bonchev–Trinajstić information content (AvgIpc) is 2.83. The van der Waals surface area contributed by atoms with Crippen molar-refractivity contribution < 1.29 is 4.79 Å². The van der Waals surface area contributed by atoms with E-state index in [0.29, 0.717) is 12.2 Å². The van der Waals surface area contributed by atoms with Gasteiger partial charge in [0.15, 0.2) is 0 Å². The number of amides is 1. The average molecular weight is 259 g/mol. The molecule has 0 unspecified atom stereocenters. The fourth-order valence-corrected chi connectivity index (χ4v) is 1.67. The summed E-state index contributed by atoms with van der Waals surface area (Å²) in [6.07, 6.45) is 3.35. The Morgan fingerprint density at radius 1 is 1.37 bits per heavy atom. The predicted octanol–water partition coefficient (Wildman–Crippen LogP) is 1.18. The minimum Gasteiger partial charge on any atom is -0.384 e. The van der Waals surface area contributed by atoms with Crippen molar-refractivity contribution in [1.29, 1.82) is 0 Å². The van der Waals surface area contributed by atoms with Crippen LogP contribution in [0, 0.1) is 0 Å². The molecule has 0 fully saturated rings. The quantitative estimate of drug-likeness (QED) is 0.845. The number of hydrogen-bond acceptors (Lipinski definition) is 4. The number of nitrogens with zero attached hydrogens (tertiary/aromatic N) is 3. The molecule has 0 bridgehead atoms. The van der Waals surface area contributed by atoms with E-state index in [1.54, 1.807) is 23.1 Å². The molecule has 0 saturated heterocycles. The normalized spacial score (nSPS) is 10.2. The van der Waals surface area contributed by atoms with Crippen LogP contribution in [0.4, 0.5) is 5.69 Å². The lowest BCUT2D eigenvalue weighted by Gasteiger charge is -2.06. The van der Waals surface area contributed by atoms with E-state index in [2.05, 4.69) is 20.7 Å². The molecule has 0 atom stereocenters. The number of carbonyl (C=O) groups excluding carboxylic acids is 1. The van der Waals surface area contributed by atoms with Gasteiger partial charge in [-0.1, -0.05) is 0 Å². The van der Waals surface area contributed by atoms with E-state index >= 15 is 0 Å². The summed E-state index contributed by atoms with van der Waals surface area (Å²) in [5, 5.41) is 9.98. The number of aryl methyl sites for hydroxylation is 1. The molecule has 0 radical (unpaired) electrons. The van der Waals surface area contributed by atoms with Crippen LogP contribution >= 0.6 is 0 Å². The van der Waals surface area contributed by atoms with Crippen molar-refractivity contribution in [3.63, 3.8) is 0 Å². The highest BCUT2D eigenvalue weighted by Gasteiger charge is 2.07. The maximum Gasteiger partial charge on any atom is 0.270 e. The molecule has 0 aliphatic rings. The first kappa shape index (κ1) is 13.1. The van der Waals surface area contributed by atoms with Crippen molar-refractivity contribution >= 4 is 11.6 Å². The number of aromatic nitrogens is 3. The number of nitrogens with one attached hydrogen (secondary N) is 2. The van der Waals surface area contributed by atoms with Crippen LogP contribution < -0.4 is 10.6 Å². The minimum absolute atomic E-state index is 0.191. The summed E-state index contributed by atoms with van der Waals surface area (Å²) in [7, 11) is 1.84. The van der Waals surface area contributed by atoms with E-state index < -0.39 is 0 Å². The maximum atomic E-state index is 11.9. The zero-order chi connectivity index (χ0) is 13.7. The van der Waals surface area contributed by atoms with E-state index in [1.165, 1.54) is 0 Å².